The summed E-state index contributed by atoms with van der Waals surface area (Å²) in [4.78, 5) is 11.8. The van der Waals surface area contributed by atoms with Gasteiger partial charge in [-0.3, -0.25) is 4.79 Å². The fourth-order valence-electron chi connectivity index (χ4n) is 1.74. The molecular formula is C16H17F3N2O2. The number of carbonyl (C=O) groups is 1. The summed E-state index contributed by atoms with van der Waals surface area (Å²) < 4.78 is 43.0. The molecule has 0 saturated carbocycles. The van der Waals surface area contributed by atoms with Crippen molar-refractivity contribution in [2.75, 3.05) is 19.8 Å². The number of carbonyl (C=O) groups excluding carboxylic acids is 1. The number of hydrogen-bond acceptors (Lipinski definition) is 3. The zero-order chi connectivity index (χ0) is 17.3. The van der Waals surface area contributed by atoms with Crippen LogP contribution in [0.2, 0.25) is 0 Å². The molecule has 124 valence electrons. The molecule has 0 aliphatic rings. The molecule has 0 fully saturated rings. The Morgan fingerprint density at radius 1 is 1.43 bits per heavy atom. The Bertz CT molecular complexity index is 604. The van der Waals surface area contributed by atoms with Gasteiger partial charge in [-0.15, -0.1) is 0 Å². The van der Waals surface area contributed by atoms with Gasteiger partial charge in [-0.1, -0.05) is 12.1 Å². The summed E-state index contributed by atoms with van der Waals surface area (Å²) >= 11 is 0. The van der Waals surface area contributed by atoms with E-state index < -0.39 is 17.6 Å². The number of amides is 1. The number of halogens is 3. The zero-order valence-electron chi connectivity index (χ0n) is 12.6. The van der Waals surface area contributed by atoms with Gasteiger partial charge in [0.25, 0.3) is 5.91 Å². The second-order valence-electron chi connectivity index (χ2n) is 4.60. The first-order valence-electron chi connectivity index (χ1n) is 7.03. The molecule has 0 atom stereocenters. The molecular weight excluding hydrogens is 309 g/mol. The molecule has 1 aromatic rings. The van der Waals surface area contributed by atoms with E-state index >= 15 is 0 Å². The Morgan fingerprint density at radius 3 is 2.78 bits per heavy atom. The van der Waals surface area contributed by atoms with Gasteiger partial charge in [-0.05, 0) is 37.1 Å². The fraction of sp³-hybridized carbons (Fsp3) is 0.375. The Labute approximate surface area is 132 Å². The molecule has 23 heavy (non-hydrogen) atoms. The number of hydrogen-bond donors (Lipinski definition) is 1. The van der Waals surface area contributed by atoms with Crippen LogP contribution in [0.5, 0.6) is 0 Å². The van der Waals surface area contributed by atoms with Crippen LogP contribution in [0, 0.1) is 11.3 Å². The van der Waals surface area contributed by atoms with Crippen LogP contribution >= 0.6 is 0 Å². The van der Waals surface area contributed by atoms with Gasteiger partial charge in [0, 0.05) is 19.8 Å². The van der Waals surface area contributed by atoms with Crippen molar-refractivity contribution in [2.45, 2.75) is 19.5 Å². The minimum absolute atomic E-state index is 0.140. The third-order valence-corrected chi connectivity index (χ3v) is 2.85. The van der Waals surface area contributed by atoms with Crippen molar-refractivity contribution >= 4 is 12.0 Å². The summed E-state index contributed by atoms with van der Waals surface area (Å²) in [6.07, 6.45) is -2.76. The lowest BCUT2D eigenvalue weighted by Gasteiger charge is -2.07. The zero-order valence-corrected chi connectivity index (χ0v) is 12.6. The number of alkyl halides is 3. The fourth-order valence-corrected chi connectivity index (χ4v) is 1.74. The van der Waals surface area contributed by atoms with Gasteiger partial charge in [0.05, 0.1) is 5.56 Å². The number of nitriles is 1. The van der Waals surface area contributed by atoms with E-state index in [0.717, 1.165) is 18.2 Å². The molecule has 0 aromatic heterocycles. The highest BCUT2D eigenvalue weighted by atomic mass is 19.4. The van der Waals surface area contributed by atoms with Crippen LogP contribution in [-0.4, -0.2) is 25.7 Å². The van der Waals surface area contributed by atoms with Crippen molar-refractivity contribution in [1.82, 2.24) is 5.32 Å². The van der Waals surface area contributed by atoms with Crippen LogP contribution < -0.4 is 5.32 Å². The lowest BCUT2D eigenvalue weighted by molar-refractivity contribution is -0.137. The van der Waals surface area contributed by atoms with Crippen LogP contribution in [0.15, 0.2) is 29.8 Å². The monoisotopic (exact) mass is 326 g/mol. The van der Waals surface area contributed by atoms with E-state index in [-0.39, 0.29) is 11.1 Å². The molecule has 0 bridgehead atoms. The van der Waals surface area contributed by atoms with Gasteiger partial charge in [0.1, 0.15) is 11.6 Å². The summed E-state index contributed by atoms with van der Waals surface area (Å²) in [5.41, 5.74) is -0.942. The maximum atomic E-state index is 12.6. The Kier molecular flexibility index (Phi) is 7.29. The predicted octanol–water partition coefficient (Wildman–Crippen LogP) is 3.16. The first-order valence-corrected chi connectivity index (χ1v) is 7.03. The summed E-state index contributed by atoms with van der Waals surface area (Å²) in [5.74, 6) is -0.624. The number of nitrogens with one attached hydrogen (secondary N) is 1. The minimum atomic E-state index is -4.47. The molecule has 0 heterocycles. The predicted molar refractivity (Wildman–Crippen MR) is 79.2 cm³/mol. The van der Waals surface area contributed by atoms with Crippen molar-refractivity contribution in [3.8, 4) is 6.07 Å². The Morgan fingerprint density at radius 2 is 2.17 bits per heavy atom. The molecule has 1 amide bonds. The molecule has 1 N–H and O–H groups in total. The summed E-state index contributed by atoms with van der Waals surface area (Å²) in [6, 6.07) is 6.14. The highest BCUT2D eigenvalue weighted by Crippen LogP contribution is 2.29. The molecule has 7 heteroatoms. The molecule has 0 unspecified atom stereocenters. The lowest BCUT2D eigenvalue weighted by atomic mass is 10.1. The third-order valence-electron chi connectivity index (χ3n) is 2.85. The standard InChI is InChI=1S/C16H17F3N2O2/c1-2-23-8-4-7-21-15(22)13(11-20)9-12-5-3-6-14(10-12)16(17,18)19/h3,5-6,9-10H,2,4,7-8H2,1H3,(H,21,22)/b13-9+. The van der Waals surface area contributed by atoms with E-state index in [4.69, 9.17) is 10.00 Å². The van der Waals surface area contributed by atoms with Gasteiger partial charge in [-0.2, -0.15) is 18.4 Å². The molecule has 1 aromatic carbocycles. The van der Waals surface area contributed by atoms with Gasteiger partial charge in [0.2, 0.25) is 0 Å². The highest BCUT2D eigenvalue weighted by Gasteiger charge is 2.30. The normalized spacial score (nSPS) is 11.9. The summed E-state index contributed by atoms with van der Waals surface area (Å²) in [5, 5.41) is 11.5. The summed E-state index contributed by atoms with van der Waals surface area (Å²) in [6.45, 7) is 3.23. The van der Waals surface area contributed by atoms with E-state index in [1.54, 1.807) is 6.07 Å². The van der Waals surface area contributed by atoms with Crippen LogP contribution in [0.25, 0.3) is 6.08 Å². The molecule has 0 radical (unpaired) electrons. The number of nitrogens with zero attached hydrogens (tertiary/aromatic N) is 1. The van der Waals surface area contributed by atoms with E-state index in [1.807, 2.05) is 6.92 Å². The average Bonchev–Trinajstić information content (AvgIpc) is 2.51. The smallest absolute Gasteiger partial charge is 0.382 e. The molecule has 0 aliphatic heterocycles. The van der Waals surface area contributed by atoms with Gasteiger partial charge >= 0.3 is 6.18 Å². The molecule has 0 saturated heterocycles. The first kappa shape index (κ1) is 18.7. The van der Waals surface area contributed by atoms with E-state index in [0.29, 0.717) is 26.2 Å². The minimum Gasteiger partial charge on any atom is -0.382 e. The van der Waals surface area contributed by atoms with Crippen molar-refractivity contribution in [3.63, 3.8) is 0 Å². The molecule has 4 nitrogen and oxygen atoms in total. The topological polar surface area (TPSA) is 62.1 Å². The highest BCUT2D eigenvalue weighted by molar-refractivity contribution is 6.01. The molecule has 0 aliphatic carbocycles. The number of benzene rings is 1. The van der Waals surface area contributed by atoms with Crippen LogP contribution in [0.1, 0.15) is 24.5 Å². The van der Waals surface area contributed by atoms with Gasteiger partial charge in [0.15, 0.2) is 0 Å². The van der Waals surface area contributed by atoms with Crippen LogP contribution in [0.3, 0.4) is 0 Å². The number of rotatable bonds is 7. The van der Waals surface area contributed by atoms with Crippen molar-refractivity contribution in [3.05, 3.63) is 41.0 Å². The second-order valence-corrected chi connectivity index (χ2v) is 4.60. The maximum Gasteiger partial charge on any atom is 0.416 e. The summed E-state index contributed by atoms with van der Waals surface area (Å²) in [7, 11) is 0. The van der Waals surface area contributed by atoms with Gasteiger partial charge in [-0.25, -0.2) is 0 Å². The lowest BCUT2D eigenvalue weighted by Crippen LogP contribution is -2.26. The average molecular weight is 326 g/mol. The van der Waals surface area contributed by atoms with Crippen molar-refractivity contribution in [2.24, 2.45) is 0 Å². The third kappa shape index (κ3) is 6.53. The van der Waals surface area contributed by atoms with Crippen molar-refractivity contribution in [1.29, 1.82) is 5.26 Å². The molecule has 1 rings (SSSR count). The van der Waals surface area contributed by atoms with E-state index in [1.165, 1.54) is 12.1 Å². The largest absolute Gasteiger partial charge is 0.416 e. The van der Waals surface area contributed by atoms with E-state index in [9.17, 15) is 18.0 Å². The SMILES string of the molecule is CCOCCCNC(=O)/C(C#N)=C/c1cccc(C(F)(F)F)c1. The molecule has 0 spiro atoms. The Hall–Kier alpha value is -2.33. The van der Waals surface area contributed by atoms with E-state index in [2.05, 4.69) is 5.32 Å². The van der Waals surface area contributed by atoms with Gasteiger partial charge < -0.3 is 10.1 Å². The van der Waals surface area contributed by atoms with Crippen molar-refractivity contribution < 1.29 is 22.7 Å². The maximum absolute atomic E-state index is 12.6. The first-order chi connectivity index (χ1) is 10.9. The quantitative estimate of drug-likeness (QED) is 0.476. The van der Waals surface area contributed by atoms with Crippen LogP contribution in [0.4, 0.5) is 13.2 Å². The second kappa shape index (κ2) is 8.96. The number of ether oxygens (including phenoxy) is 1. The Balaban J connectivity index is 2.75. The van der Waals surface area contributed by atoms with Crippen LogP contribution in [-0.2, 0) is 15.7 Å².